The molecule has 0 bridgehead atoms. The van der Waals surface area contributed by atoms with E-state index >= 15 is 0 Å². The predicted molar refractivity (Wildman–Crippen MR) is 36.1 cm³/mol. The zero-order chi connectivity index (χ0) is 6.85. The van der Waals surface area contributed by atoms with E-state index in [4.69, 9.17) is 4.52 Å². The molecule has 0 aliphatic rings. The minimum absolute atomic E-state index is 0.836. The van der Waals surface area contributed by atoms with E-state index in [1.165, 1.54) is 0 Å². The van der Waals surface area contributed by atoms with Crippen molar-refractivity contribution in [2.75, 3.05) is 0 Å². The van der Waals surface area contributed by atoms with Gasteiger partial charge >= 0.3 is 0 Å². The van der Waals surface area contributed by atoms with Gasteiger partial charge in [0.25, 0.3) is 0 Å². The molecule has 1 aromatic heterocycles. The zero-order valence-electron chi connectivity index (χ0n) is 5.64. The fraction of sp³-hybridized carbons (Fsp3) is 0.286. The van der Waals surface area contributed by atoms with E-state index in [2.05, 4.69) is 11.7 Å². The molecule has 0 unspecified atom stereocenters. The lowest BCUT2D eigenvalue weighted by Crippen LogP contribution is -1.73. The van der Waals surface area contributed by atoms with E-state index in [9.17, 15) is 0 Å². The Morgan fingerprint density at radius 1 is 1.56 bits per heavy atom. The van der Waals surface area contributed by atoms with Crippen molar-refractivity contribution in [2.24, 2.45) is 0 Å². The van der Waals surface area contributed by atoms with Crippen LogP contribution in [-0.2, 0) is 0 Å². The highest BCUT2D eigenvalue weighted by Gasteiger charge is 2.02. The smallest absolute Gasteiger partial charge is 0.141 e. The van der Waals surface area contributed by atoms with Gasteiger partial charge in [-0.1, -0.05) is 17.8 Å². The Morgan fingerprint density at radius 2 is 2.22 bits per heavy atom. The van der Waals surface area contributed by atoms with Gasteiger partial charge < -0.3 is 4.52 Å². The fourth-order valence-electron chi connectivity index (χ4n) is 0.781. The fourth-order valence-corrected chi connectivity index (χ4v) is 0.781. The number of aryl methyl sites for hydroxylation is 2. The van der Waals surface area contributed by atoms with Crippen molar-refractivity contribution in [3.63, 3.8) is 0 Å². The van der Waals surface area contributed by atoms with Crippen LogP contribution in [0.25, 0.3) is 6.08 Å². The first-order chi connectivity index (χ1) is 4.25. The van der Waals surface area contributed by atoms with Gasteiger partial charge in [0.05, 0.1) is 5.69 Å². The number of nitrogens with zero attached hydrogens (tertiary/aromatic N) is 1. The second-order valence-electron chi connectivity index (χ2n) is 1.94. The first-order valence-corrected chi connectivity index (χ1v) is 2.81. The maximum atomic E-state index is 4.86. The van der Waals surface area contributed by atoms with Crippen LogP contribution >= 0.6 is 0 Å². The van der Waals surface area contributed by atoms with Crippen molar-refractivity contribution in [3.05, 3.63) is 23.6 Å². The average molecular weight is 123 g/mol. The van der Waals surface area contributed by atoms with Gasteiger partial charge in [-0.3, -0.25) is 0 Å². The van der Waals surface area contributed by atoms with Crippen molar-refractivity contribution >= 4 is 6.08 Å². The Hall–Kier alpha value is -1.05. The number of aromatic nitrogens is 1. The lowest BCUT2D eigenvalue weighted by molar-refractivity contribution is 0.393. The van der Waals surface area contributed by atoms with Crippen LogP contribution in [0, 0.1) is 13.8 Å². The molecule has 2 heteroatoms. The molecule has 0 aromatic carbocycles. The highest BCUT2D eigenvalue weighted by atomic mass is 16.5. The molecule has 0 radical (unpaired) electrons. The van der Waals surface area contributed by atoms with Crippen LogP contribution in [0.2, 0.25) is 0 Å². The summed E-state index contributed by atoms with van der Waals surface area (Å²) in [6.45, 7) is 7.39. The van der Waals surface area contributed by atoms with Crippen LogP contribution in [-0.4, -0.2) is 5.16 Å². The van der Waals surface area contributed by atoms with Crippen molar-refractivity contribution in [1.29, 1.82) is 0 Å². The highest BCUT2D eigenvalue weighted by Crippen LogP contribution is 2.12. The predicted octanol–water partition coefficient (Wildman–Crippen LogP) is 1.93. The monoisotopic (exact) mass is 123 g/mol. The van der Waals surface area contributed by atoms with Gasteiger partial charge in [-0.2, -0.15) is 0 Å². The molecule has 1 heterocycles. The topological polar surface area (TPSA) is 26.0 Å². The van der Waals surface area contributed by atoms with Gasteiger partial charge in [-0.25, -0.2) is 0 Å². The first-order valence-electron chi connectivity index (χ1n) is 2.81. The summed E-state index contributed by atoms with van der Waals surface area (Å²) in [5, 5.41) is 3.74. The normalized spacial score (nSPS) is 9.56. The molecule has 0 spiro atoms. The summed E-state index contributed by atoms with van der Waals surface area (Å²) in [6, 6.07) is 0. The third kappa shape index (κ3) is 0.875. The summed E-state index contributed by atoms with van der Waals surface area (Å²) in [5.74, 6) is 0.836. The molecule has 0 aliphatic carbocycles. The minimum Gasteiger partial charge on any atom is -0.361 e. The van der Waals surface area contributed by atoms with Gasteiger partial charge in [-0.05, 0) is 13.8 Å². The standard InChI is InChI=1S/C7H9NO/c1-4-7-5(2)8-9-6(7)3/h4H,1H2,2-3H3. The van der Waals surface area contributed by atoms with E-state index in [-0.39, 0.29) is 0 Å². The van der Waals surface area contributed by atoms with E-state index in [1.807, 2.05) is 13.8 Å². The maximum Gasteiger partial charge on any atom is 0.141 e. The molecule has 0 saturated carbocycles. The van der Waals surface area contributed by atoms with Gasteiger partial charge in [0.1, 0.15) is 5.76 Å². The second-order valence-corrected chi connectivity index (χ2v) is 1.94. The summed E-state index contributed by atoms with van der Waals surface area (Å²) in [4.78, 5) is 0. The highest BCUT2D eigenvalue weighted by molar-refractivity contribution is 5.50. The van der Waals surface area contributed by atoms with Crippen LogP contribution < -0.4 is 0 Å². The molecule has 0 atom stereocenters. The lowest BCUT2D eigenvalue weighted by atomic mass is 10.2. The third-order valence-corrected chi connectivity index (χ3v) is 1.29. The molecule has 48 valence electrons. The minimum atomic E-state index is 0.836. The molecular weight excluding hydrogens is 114 g/mol. The molecule has 1 aromatic rings. The molecule has 0 amide bonds. The van der Waals surface area contributed by atoms with Crippen LogP contribution in [0.1, 0.15) is 17.0 Å². The van der Waals surface area contributed by atoms with Crippen LogP contribution in [0.15, 0.2) is 11.1 Å². The van der Waals surface area contributed by atoms with Gasteiger partial charge in [0, 0.05) is 5.56 Å². The molecule has 2 nitrogen and oxygen atoms in total. The Balaban J connectivity index is 3.22. The van der Waals surface area contributed by atoms with Gasteiger partial charge in [-0.15, -0.1) is 0 Å². The van der Waals surface area contributed by atoms with E-state index in [0.717, 1.165) is 17.0 Å². The van der Waals surface area contributed by atoms with E-state index in [0.29, 0.717) is 0 Å². The molecular formula is C7H9NO. The van der Waals surface area contributed by atoms with Gasteiger partial charge in [0.15, 0.2) is 0 Å². The van der Waals surface area contributed by atoms with Crippen molar-refractivity contribution in [3.8, 4) is 0 Å². The van der Waals surface area contributed by atoms with Crippen LogP contribution in [0.5, 0.6) is 0 Å². The van der Waals surface area contributed by atoms with Crippen LogP contribution in [0.3, 0.4) is 0 Å². The summed E-state index contributed by atoms with van der Waals surface area (Å²) < 4.78 is 4.86. The number of rotatable bonds is 1. The Bertz CT molecular complexity index is 205. The lowest BCUT2D eigenvalue weighted by Gasteiger charge is -1.83. The Kier molecular flexibility index (Phi) is 1.39. The Morgan fingerprint density at radius 3 is 2.44 bits per heavy atom. The molecule has 0 saturated heterocycles. The molecule has 0 aliphatic heterocycles. The maximum absolute atomic E-state index is 4.86. The quantitative estimate of drug-likeness (QED) is 0.570. The molecule has 0 fully saturated rings. The first kappa shape index (κ1) is 6.08. The SMILES string of the molecule is C=Cc1c(C)noc1C. The van der Waals surface area contributed by atoms with E-state index < -0.39 is 0 Å². The summed E-state index contributed by atoms with van der Waals surface area (Å²) in [7, 11) is 0. The number of hydrogen-bond acceptors (Lipinski definition) is 2. The Labute approximate surface area is 54.2 Å². The van der Waals surface area contributed by atoms with Crippen molar-refractivity contribution in [1.82, 2.24) is 5.16 Å². The van der Waals surface area contributed by atoms with Crippen molar-refractivity contribution in [2.45, 2.75) is 13.8 Å². The summed E-state index contributed by atoms with van der Waals surface area (Å²) in [5.41, 5.74) is 1.91. The van der Waals surface area contributed by atoms with Gasteiger partial charge in [0.2, 0.25) is 0 Å². The molecule has 0 N–H and O–H groups in total. The molecule has 1 rings (SSSR count). The number of hydrogen-bond donors (Lipinski definition) is 0. The van der Waals surface area contributed by atoms with E-state index in [1.54, 1.807) is 6.08 Å². The third-order valence-electron chi connectivity index (χ3n) is 1.29. The summed E-state index contributed by atoms with van der Waals surface area (Å²) in [6.07, 6.45) is 1.75. The molecule has 9 heavy (non-hydrogen) atoms. The van der Waals surface area contributed by atoms with Crippen molar-refractivity contribution < 1.29 is 4.52 Å². The zero-order valence-corrected chi connectivity index (χ0v) is 5.64. The second kappa shape index (κ2) is 2.05. The summed E-state index contributed by atoms with van der Waals surface area (Å²) >= 11 is 0. The van der Waals surface area contributed by atoms with Crippen LogP contribution in [0.4, 0.5) is 0 Å². The largest absolute Gasteiger partial charge is 0.361 e. The average Bonchev–Trinajstić information content (AvgIpc) is 2.12.